The van der Waals surface area contributed by atoms with Crippen LogP contribution in [-0.2, 0) is 5.41 Å². The minimum Gasteiger partial charge on any atom is -0.392 e. The van der Waals surface area contributed by atoms with Crippen molar-refractivity contribution in [2.75, 3.05) is 7.05 Å². The lowest BCUT2D eigenvalue weighted by molar-refractivity contribution is -0.842. The zero-order valence-corrected chi connectivity index (χ0v) is 14.4. The summed E-state index contributed by atoms with van der Waals surface area (Å²) in [4.78, 5) is 3.88. The number of para-hydroxylation sites is 1. The molecule has 1 aromatic carbocycles. The molecule has 4 saturated heterocycles. The second-order valence-electron chi connectivity index (χ2n) is 8.94. The van der Waals surface area contributed by atoms with Crippen molar-refractivity contribution in [3.8, 4) is 0 Å². The molecule has 1 aromatic rings. The highest BCUT2D eigenvalue weighted by molar-refractivity contribution is 5.53. The summed E-state index contributed by atoms with van der Waals surface area (Å²) in [6.07, 6.45) is 2.64. The van der Waals surface area contributed by atoms with Crippen LogP contribution in [0.2, 0.25) is 0 Å². The summed E-state index contributed by atoms with van der Waals surface area (Å²) < 4.78 is 0. The number of nitrogens with zero attached hydrogens (tertiary/aromatic N) is 1. The lowest BCUT2D eigenvalue weighted by Crippen LogP contribution is -3.11. The number of hydrogen-bond acceptors (Lipinski definition) is 3. The predicted molar refractivity (Wildman–Crippen MR) is 89.9 cm³/mol. The fourth-order valence-electron chi connectivity index (χ4n) is 8.07. The number of nitrogens with one attached hydrogen (secondary N) is 1. The summed E-state index contributed by atoms with van der Waals surface area (Å²) >= 11 is 0. The zero-order valence-electron chi connectivity index (χ0n) is 14.4. The standard InChI is InChI=1S/C20H26N2O2/c1-3-10-11-8-14-17-20(12-6-4-5-7-13(12)21(17)2)9-15(16(11)18(20)23)22(14)19(10)24/h4-7,10-11,14-19,23-24H,3,8-9H2,1-2H3/p+1. The molecule has 1 spiro atoms. The summed E-state index contributed by atoms with van der Waals surface area (Å²) in [5.74, 6) is 1.17. The van der Waals surface area contributed by atoms with Crippen molar-refractivity contribution in [3.05, 3.63) is 29.8 Å². The normalized spacial score (nSPS) is 58.8. The van der Waals surface area contributed by atoms with E-state index in [9.17, 15) is 10.2 Å². The Balaban J connectivity index is 1.60. The smallest absolute Gasteiger partial charge is 0.135 e. The van der Waals surface area contributed by atoms with Crippen molar-refractivity contribution in [3.63, 3.8) is 0 Å². The highest BCUT2D eigenvalue weighted by Crippen LogP contribution is 2.66. The lowest BCUT2D eigenvalue weighted by atomic mass is 9.62. The quantitative estimate of drug-likeness (QED) is 0.694. The number of piperidine rings is 4. The van der Waals surface area contributed by atoms with Crippen LogP contribution in [0, 0.1) is 17.8 Å². The van der Waals surface area contributed by atoms with Crippen LogP contribution in [-0.4, -0.2) is 52.6 Å². The van der Waals surface area contributed by atoms with E-state index in [1.165, 1.54) is 16.2 Å². The first-order valence-corrected chi connectivity index (χ1v) is 9.68. The van der Waals surface area contributed by atoms with Crippen LogP contribution < -0.4 is 4.90 Å². The molecular formula is C20H27N2O2+. The molecule has 11 unspecified atom stereocenters. The Bertz CT molecular complexity index is 723. The van der Waals surface area contributed by atoms with Crippen molar-refractivity contribution >= 4 is 5.69 Å². The van der Waals surface area contributed by atoms with Crippen molar-refractivity contribution < 1.29 is 15.1 Å². The van der Waals surface area contributed by atoms with Gasteiger partial charge in [-0.05, 0) is 31.2 Å². The number of rotatable bonds is 1. The molecule has 3 N–H and O–H groups in total. The first-order chi connectivity index (χ1) is 11.6. The van der Waals surface area contributed by atoms with Gasteiger partial charge >= 0.3 is 0 Å². The summed E-state index contributed by atoms with van der Waals surface area (Å²) in [6.45, 7) is 2.20. The molecule has 1 aliphatic carbocycles. The van der Waals surface area contributed by atoms with E-state index in [-0.39, 0.29) is 17.7 Å². The topological polar surface area (TPSA) is 48.1 Å². The van der Waals surface area contributed by atoms with Gasteiger partial charge < -0.3 is 15.1 Å². The maximum absolute atomic E-state index is 11.6. The Labute approximate surface area is 143 Å². The van der Waals surface area contributed by atoms with Gasteiger partial charge in [0.25, 0.3) is 0 Å². The van der Waals surface area contributed by atoms with Crippen molar-refractivity contribution in [1.82, 2.24) is 4.90 Å². The molecule has 128 valence electrons. The van der Waals surface area contributed by atoms with Gasteiger partial charge in [-0.15, -0.1) is 0 Å². The molecule has 1 saturated carbocycles. The maximum atomic E-state index is 11.6. The van der Waals surface area contributed by atoms with Gasteiger partial charge in [0, 0.05) is 23.4 Å². The Hall–Kier alpha value is -0.940. The molecular weight excluding hydrogens is 300 g/mol. The number of quaternary nitrogens is 1. The lowest BCUT2D eigenvalue weighted by Gasteiger charge is -2.61. The van der Waals surface area contributed by atoms with Crippen LogP contribution >= 0.6 is 0 Å². The van der Waals surface area contributed by atoms with Gasteiger partial charge in [-0.25, -0.2) is 0 Å². The molecule has 0 aromatic heterocycles. The van der Waals surface area contributed by atoms with Gasteiger partial charge in [-0.2, -0.15) is 0 Å². The van der Waals surface area contributed by atoms with Crippen LogP contribution in [0.3, 0.4) is 0 Å². The highest BCUT2D eigenvalue weighted by atomic mass is 16.3. The molecule has 7 rings (SSSR count). The monoisotopic (exact) mass is 327 g/mol. The molecule has 5 heterocycles. The SMILES string of the molecule is CCC1C2CC3C4[NH+](C)c5ccccc5C45CC(C2C5O)N3C1O. The molecule has 11 atom stereocenters. The third-order valence-corrected chi connectivity index (χ3v) is 8.63. The molecule has 5 aliphatic heterocycles. The van der Waals surface area contributed by atoms with Crippen LogP contribution in [0.4, 0.5) is 5.69 Å². The van der Waals surface area contributed by atoms with Crippen LogP contribution in [0.15, 0.2) is 24.3 Å². The molecule has 24 heavy (non-hydrogen) atoms. The minimum absolute atomic E-state index is 0.0890. The maximum Gasteiger partial charge on any atom is 0.135 e. The molecule has 6 aliphatic rings. The number of benzene rings is 1. The van der Waals surface area contributed by atoms with E-state index >= 15 is 0 Å². The summed E-state index contributed by atoms with van der Waals surface area (Å²) in [5.41, 5.74) is 2.67. The van der Waals surface area contributed by atoms with E-state index < -0.39 is 0 Å². The summed E-state index contributed by atoms with van der Waals surface area (Å²) in [7, 11) is 2.27. The number of hydrogen-bond donors (Lipinski definition) is 3. The van der Waals surface area contributed by atoms with E-state index in [0.717, 1.165) is 19.3 Å². The zero-order chi connectivity index (χ0) is 16.4. The summed E-state index contributed by atoms with van der Waals surface area (Å²) in [6, 6.07) is 9.93. The van der Waals surface area contributed by atoms with E-state index in [1.807, 2.05) is 0 Å². The fraction of sp³-hybridized carbons (Fsp3) is 0.700. The molecule has 5 fully saturated rings. The predicted octanol–water partition coefficient (Wildman–Crippen LogP) is 0.264. The van der Waals surface area contributed by atoms with Crippen LogP contribution in [0.25, 0.3) is 0 Å². The third kappa shape index (κ3) is 1.23. The second-order valence-corrected chi connectivity index (χ2v) is 8.94. The first kappa shape index (κ1) is 14.3. The number of likely N-dealkylation sites (N-methyl/N-ethyl adjacent to an activating group) is 1. The molecule has 0 amide bonds. The van der Waals surface area contributed by atoms with Crippen LogP contribution in [0.1, 0.15) is 31.7 Å². The van der Waals surface area contributed by atoms with Crippen molar-refractivity contribution in [2.24, 2.45) is 17.8 Å². The van der Waals surface area contributed by atoms with Gasteiger partial charge in [0.15, 0.2) is 0 Å². The Morgan fingerprint density at radius 3 is 2.83 bits per heavy atom. The van der Waals surface area contributed by atoms with Crippen molar-refractivity contribution in [1.29, 1.82) is 0 Å². The Morgan fingerprint density at radius 1 is 1.25 bits per heavy atom. The van der Waals surface area contributed by atoms with E-state index in [2.05, 4.69) is 43.1 Å². The molecule has 4 nitrogen and oxygen atoms in total. The van der Waals surface area contributed by atoms with Gasteiger partial charge in [0.05, 0.1) is 24.6 Å². The minimum atomic E-state index is -0.306. The highest BCUT2D eigenvalue weighted by Gasteiger charge is 2.78. The fourth-order valence-corrected chi connectivity index (χ4v) is 8.07. The molecule has 0 radical (unpaired) electrons. The molecule has 4 heteroatoms. The van der Waals surface area contributed by atoms with Gasteiger partial charge in [-0.3, -0.25) is 4.90 Å². The van der Waals surface area contributed by atoms with Gasteiger partial charge in [0.2, 0.25) is 0 Å². The van der Waals surface area contributed by atoms with E-state index in [0.29, 0.717) is 35.9 Å². The molecule has 5 bridgehead atoms. The average Bonchev–Trinajstić information content (AvgIpc) is 2.97. The van der Waals surface area contributed by atoms with Gasteiger partial charge in [-0.1, -0.05) is 25.1 Å². The van der Waals surface area contributed by atoms with E-state index in [1.54, 1.807) is 0 Å². The number of aliphatic hydroxyl groups excluding tert-OH is 2. The summed E-state index contributed by atoms with van der Waals surface area (Å²) in [5, 5.41) is 22.7. The largest absolute Gasteiger partial charge is 0.392 e. The third-order valence-electron chi connectivity index (χ3n) is 8.63. The number of fused-ring (bicyclic) bond motifs is 2. The average molecular weight is 327 g/mol. The van der Waals surface area contributed by atoms with E-state index in [4.69, 9.17) is 0 Å². The number of aliphatic hydroxyl groups is 2. The van der Waals surface area contributed by atoms with Crippen LogP contribution in [0.5, 0.6) is 0 Å². The first-order valence-electron chi connectivity index (χ1n) is 9.68. The second kappa shape index (κ2) is 4.24. The van der Waals surface area contributed by atoms with Crippen molar-refractivity contribution in [2.45, 2.75) is 62.1 Å². The van der Waals surface area contributed by atoms with Gasteiger partial charge in [0.1, 0.15) is 18.0 Å². The Kier molecular flexibility index (Phi) is 2.52. The Morgan fingerprint density at radius 2 is 2.04 bits per heavy atom.